The molecule has 2 heteroatoms. The lowest BCUT2D eigenvalue weighted by Gasteiger charge is -2.27. The Labute approximate surface area is 121 Å². The fourth-order valence-electron chi connectivity index (χ4n) is 2.89. The van der Waals surface area contributed by atoms with E-state index < -0.39 is 5.60 Å². The van der Waals surface area contributed by atoms with Crippen molar-refractivity contribution >= 4 is 15.9 Å². The van der Waals surface area contributed by atoms with Crippen LogP contribution in [0, 0.1) is 0 Å². The largest absolute Gasteiger partial charge is 0.377 e. The molecule has 1 aliphatic rings. The SMILES string of the molecule is C=C[C@]1(O)c2ccccc2CCc2cc(Br)ccc21. The number of halogens is 1. The molecule has 0 amide bonds. The Morgan fingerprint density at radius 2 is 1.74 bits per heavy atom. The lowest BCUT2D eigenvalue weighted by molar-refractivity contribution is 0.134. The normalized spacial score (nSPS) is 21.2. The highest BCUT2D eigenvalue weighted by Gasteiger charge is 2.34. The summed E-state index contributed by atoms with van der Waals surface area (Å²) in [5.74, 6) is 0. The van der Waals surface area contributed by atoms with Crippen LogP contribution in [0.15, 0.2) is 59.6 Å². The Balaban J connectivity index is 2.31. The van der Waals surface area contributed by atoms with Crippen molar-refractivity contribution in [3.05, 3.63) is 81.8 Å². The molecule has 0 aromatic heterocycles. The van der Waals surface area contributed by atoms with E-state index in [0.717, 1.165) is 28.4 Å². The van der Waals surface area contributed by atoms with Gasteiger partial charge in [-0.1, -0.05) is 58.9 Å². The van der Waals surface area contributed by atoms with Gasteiger partial charge in [-0.25, -0.2) is 0 Å². The van der Waals surface area contributed by atoms with Gasteiger partial charge in [-0.3, -0.25) is 0 Å². The Bertz CT molecular complexity index is 647. The number of hydrogen-bond acceptors (Lipinski definition) is 1. The fourth-order valence-corrected chi connectivity index (χ4v) is 3.29. The first kappa shape index (κ1) is 12.6. The molecule has 0 radical (unpaired) electrons. The van der Waals surface area contributed by atoms with E-state index in [9.17, 15) is 5.11 Å². The maximum Gasteiger partial charge on any atom is 0.133 e. The molecule has 2 aromatic carbocycles. The molecule has 1 nitrogen and oxygen atoms in total. The topological polar surface area (TPSA) is 20.2 Å². The van der Waals surface area contributed by atoms with Gasteiger partial charge in [0.15, 0.2) is 0 Å². The van der Waals surface area contributed by atoms with Gasteiger partial charge in [0.1, 0.15) is 5.60 Å². The summed E-state index contributed by atoms with van der Waals surface area (Å²) in [4.78, 5) is 0. The van der Waals surface area contributed by atoms with E-state index >= 15 is 0 Å². The summed E-state index contributed by atoms with van der Waals surface area (Å²) < 4.78 is 1.05. The predicted molar refractivity (Wildman–Crippen MR) is 81.2 cm³/mol. The molecule has 0 unspecified atom stereocenters. The molecular formula is C17H15BrO. The van der Waals surface area contributed by atoms with Crippen molar-refractivity contribution in [1.82, 2.24) is 0 Å². The molecule has 2 aromatic rings. The first-order chi connectivity index (χ1) is 9.15. The minimum atomic E-state index is -1.09. The summed E-state index contributed by atoms with van der Waals surface area (Å²) in [6.45, 7) is 3.86. The molecular weight excluding hydrogens is 300 g/mol. The van der Waals surface area contributed by atoms with E-state index in [1.807, 2.05) is 30.3 Å². The predicted octanol–water partition coefficient (Wildman–Crippen LogP) is 3.97. The van der Waals surface area contributed by atoms with Crippen LogP contribution in [0.5, 0.6) is 0 Å². The van der Waals surface area contributed by atoms with Crippen molar-refractivity contribution in [3.63, 3.8) is 0 Å². The van der Waals surface area contributed by atoms with Gasteiger partial charge >= 0.3 is 0 Å². The van der Waals surface area contributed by atoms with E-state index in [-0.39, 0.29) is 0 Å². The van der Waals surface area contributed by atoms with Crippen LogP contribution in [0.1, 0.15) is 22.3 Å². The van der Waals surface area contributed by atoms with Gasteiger partial charge in [0.2, 0.25) is 0 Å². The van der Waals surface area contributed by atoms with Crippen LogP contribution in [0.3, 0.4) is 0 Å². The lowest BCUT2D eigenvalue weighted by atomic mass is 9.84. The quantitative estimate of drug-likeness (QED) is 0.790. The first-order valence-corrected chi connectivity index (χ1v) is 7.18. The average molecular weight is 315 g/mol. The van der Waals surface area contributed by atoms with E-state index in [2.05, 4.69) is 34.6 Å². The minimum Gasteiger partial charge on any atom is -0.377 e. The summed E-state index contributed by atoms with van der Waals surface area (Å²) in [6.07, 6.45) is 3.52. The average Bonchev–Trinajstić information content (AvgIpc) is 2.55. The minimum absolute atomic E-state index is 0.932. The maximum atomic E-state index is 11.1. The van der Waals surface area contributed by atoms with Crippen LogP contribution >= 0.6 is 15.9 Å². The number of aliphatic hydroxyl groups is 1. The Morgan fingerprint density at radius 3 is 2.53 bits per heavy atom. The summed E-state index contributed by atoms with van der Waals surface area (Å²) >= 11 is 3.50. The summed E-state index contributed by atoms with van der Waals surface area (Å²) in [5, 5.41) is 11.1. The second kappa shape index (κ2) is 4.62. The summed E-state index contributed by atoms with van der Waals surface area (Å²) in [5.41, 5.74) is 3.16. The molecule has 1 N–H and O–H groups in total. The molecule has 0 fully saturated rings. The molecule has 96 valence electrons. The van der Waals surface area contributed by atoms with Crippen molar-refractivity contribution in [2.45, 2.75) is 18.4 Å². The van der Waals surface area contributed by atoms with Gasteiger partial charge in [-0.15, -0.1) is 0 Å². The molecule has 0 spiro atoms. The zero-order valence-electron chi connectivity index (χ0n) is 10.6. The van der Waals surface area contributed by atoms with E-state index in [1.54, 1.807) is 6.08 Å². The van der Waals surface area contributed by atoms with Crippen molar-refractivity contribution in [3.8, 4) is 0 Å². The molecule has 3 rings (SSSR count). The van der Waals surface area contributed by atoms with Crippen molar-refractivity contribution in [2.75, 3.05) is 0 Å². The second-order valence-electron chi connectivity index (χ2n) is 4.93. The number of benzene rings is 2. The van der Waals surface area contributed by atoms with Crippen LogP contribution in [-0.2, 0) is 18.4 Å². The Kier molecular flexibility index (Phi) is 3.08. The highest BCUT2D eigenvalue weighted by Crippen LogP contribution is 2.39. The van der Waals surface area contributed by atoms with Gasteiger partial charge in [-0.2, -0.15) is 0 Å². The highest BCUT2D eigenvalue weighted by molar-refractivity contribution is 9.10. The smallest absolute Gasteiger partial charge is 0.133 e. The highest BCUT2D eigenvalue weighted by atomic mass is 79.9. The van der Waals surface area contributed by atoms with Crippen molar-refractivity contribution in [2.24, 2.45) is 0 Å². The third-order valence-electron chi connectivity index (χ3n) is 3.86. The van der Waals surface area contributed by atoms with Crippen LogP contribution in [0.2, 0.25) is 0 Å². The number of aryl methyl sites for hydroxylation is 2. The fraction of sp³-hybridized carbons (Fsp3) is 0.176. The molecule has 0 heterocycles. The zero-order chi connectivity index (χ0) is 13.5. The number of fused-ring (bicyclic) bond motifs is 2. The van der Waals surface area contributed by atoms with Gasteiger partial charge in [0.05, 0.1) is 0 Å². The molecule has 1 atom stereocenters. The Hall–Kier alpha value is -1.38. The van der Waals surface area contributed by atoms with E-state index in [1.165, 1.54) is 11.1 Å². The van der Waals surface area contributed by atoms with Crippen molar-refractivity contribution < 1.29 is 5.11 Å². The van der Waals surface area contributed by atoms with E-state index in [4.69, 9.17) is 0 Å². The van der Waals surface area contributed by atoms with Crippen LogP contribution in [0.25, 0.3) is 0 Å². The molecule has 0 saturated heterocycles. The van der Waals surface area contributed by atoms with Crippen LogP contribution in [0.4, 0.5) is 0 Å². The molecule has 1 aliphatic carbocycles. The first-order valence-electron chi connectivity index (χ1n) is 6.38. The third kappa shape index (κ3) is 1.96. The molecule has 0 saturated carbocycles. The van der Waals surface area contributed by atoms with E-state index in [0.29, 0.717) is 0 Å². The molecule has 0 bridgehead atoms. The zero-order valence-corrected chi connectivity index (χ0v) is 12.2. The third-order valence-corrected chi connectivity index (χ3v) is 4.36. The number of rotatable bonds is 1. The van der Waals surface area contributed by atoms with Gasteiger partial charge in [0, 0.05) is 4.47 Å². The van der Waals surface area contributed by atoms with Crippen LogP contribution in [-0.4, -0.2) is 5.11 Å². The van der Waals surface area contributed by atoms with Crippen LogP contribution < -0.4 is 0 Å². The standard InChI is InChI=1S/C17H15BrO/c1-2-17(19)15-6-4-3-5-12(15)7-8-13-11-14(18)9-10-16(13)17/h2-6,9-11,19H,1,7-8H2/t17-/m0/s1. The molecule has 19 heavy (non-hydrogen) atoms. The monoisotopic (exact) mass is 314 g/mol. The van der Waals surface area contributed by atoms with Crippen molar-refractivity contribution in [1.29, 1.82) is 0 Å². The molecule has 0 aliphatic heterocycles. The van der Waals surface area contributed by atoms with Gasteiger partial charge in [0.25, 0.3) is 0 Å². The van der Waals surface area contributed by atoms with Gasteiger partial charge < -0.3 is 5.11 Å². The second-order valence-corrected chi connectivity index (χ2v) is 5.84. The van der Waals surface area contributed by atoms with Gasteiger partial charge in [-0.05, 0) is 47.2 Å². The summed E-state index contributed by atoms with van der Waals surface area (Å²) in [7, 11) is 0. The lowest BCUT2D eigenvalue weighted by Crippen LogP contribution is -2.25. The number of hydrogen-bond donors (Lipinski definition) is 1. The maximum absolute atomic E-state index is 11.1. The Morgan fingerprint density at radius 1 is 1.05 bits per heavy atom. The summed E-state index contributed by atoms with van der Waals surface area (Å²) in [6, 6.07) is 14.1.